The molecule has 25 heavy (non-hydrogen) atoms. The number of aromatic nitrogens is 4. The lowest BCUT2D eigenvalue weighted by Gasteiger charge is -2.06. The van der Waals surface area contributed by atoms with Gasteiger partial charge >= 0.3 is 0 Å². The van der Waals surface area contributed by atoms with Gasteiger partial charge in [0.15, 0.2) is 6.61 Å². The molecule has 2 aromatic carbocycles. The summed E-state index contributed by atoms with van der Waals surface area (Å²) in [6, 6.07) is 14.2. The van der Waals surface area contributed by atoms with E-state index in [0.717, 1.165) is 5.69 Å². The Morgan fingerprint density at radius 1 is 1.24 bits per heavy atom. The number of ether oxygens (including phenoxy) is 1. The van der Waals surface area contributed by atoms with Gasteiger partial charge < -0.3 is 4.74 Å². The molecule has 0 bridgehead atoms. The minimum Gasteiger partial charge on any atom is -0.484 e. The Balaban J connectivity index is 1.48. The zero-order valence-electron chi connectivity index (χ0n) is 12.9. The van der Waals surface area contributed by atoms with Crippen molar-refractivity contribution in [2.45, 2.75) is 0 Å². The van der Waals surface area contributed by atoms with Crippen LogP contribution < -0.4 is 10.2 Å². The Morgan fingerprint density at radius 3 is 2.76 bits per heavy atom. The summed E-state index contributed by atoms with van der Waals surface area (Å²) >= 11 is 5.99. The number of halogens is 1. The minimum atomic E-state index is -0.382. The van der Waals surface area contributed by atoms with E-state index >= 15 is 0 Å². The Bertz CT molecular complexity index is 865. The zero-order chi connectivity index (χ0) is 17.5. The van der Waals surface area contributed by atoms with Crippen LogP contribution in [0.3, 0.4) is 0 Å². The van der Waals surface area contributed by atoms with Gasteiger partial charge in [0.1, 0.15) is 12.1 Å². The fourth-order valence-electron chi connectivity index (χ4n) is 1.91. The fraction of sp³-hybridized carbons (Fsp3) is 0.0625. The van der Waals surface area contributed by atoms with Crippen LogP contribution in [0.25, 0.3) is 5.69 Å². The predicted molar refractivity (Wildman–Crippen MR) is 91.8 cm³/mol. The molecule has 0 saturated heterocycles. The first-order valence-electron chi connectivity index (χ1n) is 7.25. The van der Waals surface area contributed by atoms with Gasteiger partial charge in [0.25, 0.3) is 5.91 Å². The lowest BCUT2D eigenvalue weighted by molar-refractivity contribution is -0.123. The Hall–Kier alpha value is -3.26. The summed E-state index contributed by atoms with van der Waals surface area (Å²) in [4.78, 5) is 11.7. The zero-order valence-corrected chi connectivity index (χ0v) is 13.7. The van der Waals surface area contributed by atoms with E-state index < -0.39 is 0 Å². The second-order valence-electron chi connectivity index (χ2n) is 4.85. The lowest BCUT2D eigenvalue weighted by atomic mass is 10.2. The Labute approximate surface area is 148 Å². The third kappa shape index (κ3) is 4.61. The summed E-state index contributed by atoms with van der Waals surface area (Å²) in [7, 11) is 0. The van der Waals surface area contributed by atoms with Crippen LogP contribution in [0.4, 0.5) is 0 Å². The summed E-state index contributed by atoms with van der Waals surface area (Å²) in [5.41, 5.74) is 3.87. The molecule has 3 aromatic rings. The van der Waals surface area contributed by atoms with Crippen molar-refractivity contribution in [3.05, 3.63) is 65.4 Å². The summed E-state index contributed by atoms with van der Waals surface area (Å²) in [5, 5.41) is 15.3. The molecule has 0 spiro atoms. The molecule has 0 aliphatic carbocycles. The summed E-state index contributed by atoms with van der Waals surface area (Å²) in [6.45, 7) is -0.163. The van der Waals surface area contributed by atoms with Crippen molar-refractivity contribution in [1.82, 2.24) is 25.6 Å². The molecule has 0 fully saturated rings. The van der Waals surface area contributed by atoms with Gasteiger partial charge in [-0.15, -0.1) is 5.10 Å². The van der Waals surface area contributed by atoms with Crippen molar-refractivity contribution in [3.8, 4) is 11.4 Å². The van der Waals surface area contributed by atoms with Crippen molar-refractivity contribution in [1.29, 1.82) is 0 Å². The van der Waals surface area contributed by atoms with Gasteiger partial charge in [-0.2, -0.15) is 5.10 Å². The van der Waals surface area contributed by atoms with Crippen molar-refractivity contribution in [2.24, 2.45) is 5.10 Å². The van der Waals surface area contributed by atoms with Crippen molar-refractivity contribution < 1.29 is 9.53 Å². The second kappa shape index (κ2) is 8.02. The monoisotopic (exact) mass is 356 g/mol. The quantitative estimate of drug-likeness (QED) is 0.537. The highest BCUT2D eigenvalue weighted by Crippen LogP contribution is 2.14. The van der Waals surface area contributed by atoms with Gasteiger partial charge in [-0.25, -0.2) is 10.1 Å². The summed E-state index contributed by atoms with van der Waals surface area (Å²) < 4.78 is 6.91. The van der Waals surface area contributed by atoms with E-state index in [1.54, 1.807) is 36.4 Å². The van der Waals surface area contributed by atoms with E-state index in [4.69, 9.17) is 16.3 Å². The molecule has 3 rings (SSSR count). The van der Waals surface area contributed by atoms with Crippen molar-refractivity contribution in [3.63, 3.8) is 0 Å². The first-order chi connectivity index (χ1) is 12.2. The highest BCUT2D eigenvalue weighted by atomic mass is 35.5. The number of hydrogen-bond donors (Lipinski definition) is 1. The third-order valence-corrected chi connectivity index (χ3v) is 3.46. The van der Waals surface area contributed by atoms with Crippen LogP contribution in [-0.4, -0.2) is 38.9 Å². The van der Waals surface area contributed by atoms with Crippen LogP contribution in [0.2, 0.25) is 5.02 Å². The first kappa shape index (κ1) is 16.6. The fourth-order valence-corrected chi connectivity index (χ4v) is 2.09. The van der Waals surface area contributed by atoms with Crippen LogP contribution in [0.15, 0.2) is 60.0 Å². The van der Waals surface area contributed by atoms with Crippen molar-refractivity contribution in [2.75, 3.05) is 6.61 Å². The molecule has 0 unspecified atom stereocenters. The first-order valence-corrected chi connectivity index (χ1v) is 7.63. The molecule has 0 atom stereocenters. The van der Waals surface area contributed by atoms with Gasteiger partial charge in [0.05, 0.1) is 11.9 Å². The number of nitrogens with zero attached hydrogens (tertiary/aromatic N) is 5. The number of hydrazone groups is 1. The number of hydrogen-bond acceptors (Lipinski definition) is 6. The topological polar surface area (TPSA) is 94.3 Å². The molecular weight excluding hydrogens is 344 g/mol. The van der Waals surface area contributed by atoms with Crippen LogP contribution in [0, 0.1) is 0 Å². The molecule has 1 heterocycles. The Kier molecular flexibility index (Phi) is 5.32. The van der Waals surface area contributed by atoms with E-state index in [2.05, 4.69) is 26.1 Å². The second-order valence-corrected chi connectivity index (χ2v) is 5.26. The molecule has 9 heteroatoms. The largest absolute Gasteiger partial charge is 0.484 e. The molecule has 0 radical (unpaired) electrons. The maximum atomic E-state index is 11.7. The molecule has 0 saturated carbocycles. The molecule has 1 aromatic heterocycles. The van der Waals surface area contributed by atoms with E-state index in [0.29, 0.717) is 16.3 Å². The smallest absolute Gasteiger partial charge is 0.277 e. The number of amides is 1. The van der Waals surface area contributed by atoms with Crippen LogP contribution in [-0.2, 0) is 4.79 Å². The van der Waals surface area contributed by atoms with E-state index in [-0.39, 0.29) is 12.5 Å². The Morgan fingerprint density at radius 2 is 2.04 bits per heavy atom. The van der Waals surface area contributed by atoms with Gasteiger partial charge in [0.2, 0.25) is 0 Å². The van der Waals surface area contributed by atoms with Gasteiger partial charge in [0, 0.05) is 10.6 Å². The maximum absolute atomic E-state index is 11.7. The maximum Gasteiger partial charge on any atom is 0.277 e. The third-order valence-electron chi connectivity index (χ3n) is 3.12. The van der Waals surface area contributed by atoms with Crippen LogP contribution in [0.1, 0.15) is 5.56 Å². The number of carbonyl (C=O) groups excluding carboxylic acids is 1. The molecule has 0 aliphatic rings. The van der Waals surface area contributed by atoms with E-state index in [1.807, 2.05) is 12.1 Å². The highest BCUT2D eigenvalue weighted by Gasteiger charge is 2.03. The van der Waals surface area contributed by atoms with Crippen LogP contribution >= 0.6 is 11.6 Å². The highest BCUT2D eigenvalue weighted by molar-refractivity contribution is 6.33. The standard InChI is InChI=1S/C16H13ClN6O2/c17-15-4-2-1-3-12(15)9-18-20-16(24)10-25-14-7-5-13(6-8-14)23-11-19-21-22-23/h1-9,11H,10H2,(H,20,24). The van der Waals surface area contributed by atoms with Crippen LogP contribution in [0.5, 0.6) is 5.75 Å². The molecule has 1 N–H and O–H groups in total. The summed E-state index contributed by atoms with van der Waals surface area (Å²) in [5.74, 6) is 0.162. The lowest BCUT2D eigenvalue weighted by Crippen LogP contribution is -2.24. The molecule has 8 nitrogen and oxygen atoms in total. The SMILES string of the molecule is O=C(COc1ccc(-n2cnnn2)cc1)NN=Cc1ccccc1Cl. The molecular formula is C16H13ClN6O2. The number of carbonyl (C=O) groups is 1. The normalized spacial score (nSPS) is 10.8. The van der Waals surface area contributed by atoms with E-state index in [9.17, 15) is 4.79 Å². The molecule has 0 aliphatic heterocycles. The summed E-state index contributed by atoms with van der Waals surface area (Å²) in [6.07, 6.45) is 2.96. The number of rotatable bonds is 6. The van der Waals surface area contributed by atoms with Gasteiger partial charge in [-0.3, -0.25) is 4.79 Å². The number of tetrazole rings is 1. The average molecular weight is 357 g/mol. The van der Waals surface area contributed by atoms with E-state index in [1.165, 1.54) is 17.2 Å². The minimum absolute atomic E-state index is 0.163. The average Bonchev–Trinajstić information content (AvgIpc) is 3.17. The van der Waals surface area contributed by atoms with Crippen molar-refractivity contribution >= 4 is 23.7 Å². The predicted octanol–water partition coefficient (Wildman–Crippen LogP) is 1.84. The van der Waals surface area contributed by atoms with Gasteiger partial charge in [-0.1, -0.05) is 29.8 Å². The number of benzene rings is 2. The number of nitrogens with one attached hydrogen (secondary N) is 1. The molecule has 1 amide bonds. The molecule has 126 valence electrons. The van der Waals surface area contributed by atoms with Gasteiger partial charge in [-0.05, 0) is 40.8 Å².